The molecule has 60 heavy (non-hydrogen) atoms. The molecule has 9 heteroatoms. The van der Waals surface area contributed by atoms with Crippen LogP contribution >= 0.6 is 0 Å². The molecular formula is C51H97NO8. The summed E-state index contributed by atoms with van der Waals surface area (Å²) in [6, 6.07) is -0.817. The number of nitrogens with one attached hydrogen (secondary N) is 1. The molecule has 1 aliphatic heterocycles. The zero-order chi connectivity index (χ0) is 43.7. The highest BCUT2D eigenvalue weighted by molar-refractivity contribution is 5.76. The molecule has 1 rings (SSSR count). The van der Waals surface area contributed by atoms with Crippen molar-refractivity contribution >= 4 is 5.91 Å². The molecule has 9 nitrogen and oxygen atoms in total. The van der Waals surface area contributed by atoms with Gasteiger partial charge in [0.2, 0.25) is 5.91 Å². The fraction of sp³-hybridized carbons (Fsp3) is 0.902. The van der Waals surface area contributed by atoms with Crippen LogP contribution in [-0.2, 0) is 14.3 Å². The molecule has 2 unspecified atom stereocenters. The van der Waals surface area contributed by atoms with Crippen LogP contribution in [0.2, 0.25) is 0 Å². The molecule has 0 radical (unpaired) electrons. The Morgan fingerprint density at radius 1 is 0.550 bits per heavy atom. The minimum absolute atomic E-state index is 0.183. The van der Waals surface area contributed by atoms with Crippen molar-refractivity contribution in [2.75, 3.05) is 13.2 Å². The number of rotatable bonds is 43. The van der Waals surface area contributed by atoms with Crippen molar-refractivity contribution in [3.05, 3.63) is 24.3 Å². The van der Waals surface area contributed by atoms with E-state index in [2.05, 4.69) is 31.3 Å². The van der Waals surface area contributed by atoms with Crippen LogP contribution < -0.4 is 5.32 Å². The molecule has 0 aromatic rings. The van der Waals surface area contributed by atoms with Crippen LogP contribution in [0.1, 0.15) is 239 Å². The third kappa shape index (κ3) is 31.5. The van der Waals surface area contributed by atoms with Crippen LogP contribution in [0.3, 0.4) is 0 Å². The van der Waals surface area contributed by atoms with Crippen molar-refractivity contribution in [3.63, 3.8) is 0 Å². The second-order valence-corrected chi connectivity index (χ2v) is 18.0. The highest BCUT2D eigenvalue weighted by Crippen LogP contribution is 2.23. The maximum Gasteiger partial charge on any atom is 0.220 e. The van der Waals surface area contributed by atoms with Gasteiger partial charge >= 0.3 is 0 Å². The molecule has 0 bridgehead atoms. The molecule has 1 aliphatic rings. The van der Waals surface area contributed by atoms with E-state index >= 15 is 0 Å². The Bertz CT molecular complexity index is 992. The van der Waals surface area contributed by atoms with Gasteiger partial charge in [-0.15, -0.1) is 0 Å². The largest absolute Gasteiger partial charge is 0.394 e. The molecule has 7 atom stereocenters. The summed E-state index contributed by atoms with van der Waals surface area (Å²) >= 11 is 0. The second kappa shape index (κ2) is 41.7. The van der Waals surface area contributed by atoms with Gasteiger partial charge in [0.15, 0.2) is 6.29 Å². The molecule has 1 fully saturated rings. The Balaban J connectivity index is 2.29. The first-order valence-corrected chi connectivity index (χ1v) is 25.6. The summed E-state index contributed by atoms with van der Waals surface area (Å²) in [5.74, 6) is -0.183. The molecule has 0 aliphatic carbocycles. The summed E-state index contributed by atoms with van der Waals surface area (Å²) in [7, 11) is 0. The maximum atomic E-state index is 13.0. The summed E-state index contributed by atoms with van der Waals surface area (Å²) in [5, 5.41) is 54.3. The highest BCUT2D eigenvalue weighted by Gasteiger charge is 2.44. The second-order valence-electron chi connectivity index (χ2n) is 18.0. The van der Waals surface area contributed by atoms with Crippen molar-refractivity contribution in [3.8, 4) is 0 Å². The fourth-order valence-corrected chi connectivity index (χ4v) is 8.17. The van der Waals surface area contributed by atoms with Crippen LogP contribution in [0, 0.1) is 0 Å². The molecule has 1 heterocycles. The predicted octanol–water partition coefficient (Wildman–Crippen LogP) is 11.5. The van der Waals surface area contributed by atoms with E-state index in [-0.39, 0.29) is 12.5 Å². The van der Waals surface area contributed by atoms with Crippen LogP contribution in [0.25, 0.3) is 0 Å². The number of ether oxygens (including phenoxy) is 2. The van der Waals surface area contributed by atoms with Crippen molar-refractivity contribution < 1.29 is 39.8 Å². The van der Waals surface area contributed by atoms with Crippen LogP contribution in [0.5, 0.6) is 0 Å². The number of hydrogen-bond donors (Lipinski definition) is 6. The number of carbonyl (C=O) groups excluding carboxylic acids is 1. The quantitative estimate of drug-likeness (QED) is 0.0262. The van der Waals surface area contributed by atoms with Crippen LogP contribution in [0.4, 0.5) is 0 Å². The number of carbonyl (C=O) groups is 1. The Kier molecular flexibility index (Phi) is 39.4. The third-order valence-corrected chi connectivity index (χ3v) is 12.3. The van der Waals surface area contributed by atoms with E-state index in [0.717, 1.165) is 38.5 Å². The summed E-state index contributed by atoms with van der Waals surface area (Å²) in [6.45, 7) is 3.78. The van der Waals surface area contributed by atoms with Gasteiger partial charge in [0.25, 0.3) is 0 Å². The standard InChI is InChI=1S/C51H97NO8/c1-3-5-7-9-11-13-15-17-19-21-22-23-24-25-27-29-31-33-35-37-39-41-47(55)52-44(43-59-51-50(58)49(57)48(56)46(42-53)60-51)45(54)40-38-36-34-32-30-28-26-20-18-16-14-12-10-8-6-4-2/h30,32,38,40,44-46,48-51,53-54,56-58H,3-29,31,33-37,39,41-43H2,1-2H3,(H,52,55)/b32-30+,40-38+/t44-,45+,46-,48-,49?,50?,51-/m0/s1. The van der Waals surface area contributed by atoms with Crippen LogP contribution in [0.15, 0.2) is 24.3 Å². The maximum absolute atomic E-state index is 13.0. The first kappa shape index (κ1) is 56.7. The number of amides is 1. The van der Waals surface area contributed by atoms with Crippen LogP contribution in [-0.4, -0.2) is 87.5 Å². The Labute approximate surface area is 369 Å². The SMILES string of the molecule is CCCCCCCCCCCC/C=C/CC/C=C/[C@@H](O)[C@H](CO[C@H]1O[C@@H](CO)[C@H](O)C(O)C1O)NC(=O)CCCCCCCCCCCCCCCCCCCCCCC. The first-order chi connectivity index (χ1) is 29.3. The van der Waals surface area contributed by atoms with E-state index in [1.165, 1.54) is 180 Å². The van der Waals surface area contributed by atoms with Crippen molar-refractivity contribution in [1.82, 2.24) is 5.32 Å². The number of allylic oxidation sites excluding steroid dienone is 3. The highest BCUT2D eigenvalue weighted by atomic mass is 16.7. The van der Waals surface area contributed by atoms with E-state index in [1.807, 2.05) is 6.08 Å². The lowest BCUT2D eigenvalue weighted by Gasteiger charge is -2.40. The normalized spacial score (nSPS) is 20.7. The van der Waals surface area contributed by atoms with E-state index < -0.39 is 49.5 Å². The molecule has 0 aromatic carbocycles. The lowest BCUT2D eigenvalue weighted by Crippen LogP contribution is -2.60. The summed E-state index contributed by atoms with van der Waals surface area (Å²) in [6.07, 6.45) is 43.7. The molecule has 6 N–H and O–H groups in total. The average Bonchev–Trinajstić information content (AvgIpc) is 3.25. The zero-order valence-electron chi connectivity index (χ0n) is 39.0. The number of unbranched alkanes of at least 4 members (excludes halogenated alkanes) is 31. The first-order valence-electron chi connectivity index (χ1n) is 25.6. The minimum atomic E-state index is -1.57. The van der Waals surface area contributed by atoms with Gasteiger partial charge in [-0.1, -0.05) is 224 Å². The van der Waals surface area contributed by atoms with Gasteiger partial charge in [0.05, 0.1) is 25.4 Å². The van der Waals surface area contributed by atoms with E-state index in [0.29, 0.717) is 6.42 Å². The number of aliphatic hydroxyl groups is 5. The van der Waals surface area contributed by atoms with E-state index in [1.54, 1.807) is 6.08 Å². The van der Waals surface area contributed by atoms with Gasteiger partial charge in [-0.05, 0) is 32.1 Å². The monoisotopic (exact) mass is 852 g/mol. The molecule has 0 spiro atoms. The fourth-order valence-electron chi connectivity index (χ4n) is 8.17. The average molecular weight is 852 g/mol. The summed E-state index contributed by atoms with van der Waals surface area (Å²) in [4.78, 5) is 13.0. The van der Waals surface area contributed by atoms with Gasteiger partial charge in [-0.3, -0.25) is 4.79 Å². The molecule has 0 aromatic heterocycles. The topological polar surface area (TPSA) is 149 Å². The zero-order valence-corrected chi connectivity index (χ0v) is 39.0. The summed E-state index contributed by atoms with van der Waals surface area (Å²) < 4.78 is 11.2. The van der Waals surface area contributed by atoms with Gasteiger partial charge < -0.3 is 40.3 Å². The predicted molar refractivity (Wildman–Crippen MR) is 249 cm³/mol. The molecule has 354 valence electrons. The molecule has 0 saturated carbocycles. The van der Waals surface area contributed by atoms with Crippen molar-refractivity contribution in [1.29, 1.82) is 0 Å². The molecule has 1 saturated heterocycles. The smallest absolute Gasteiger partial charge is 0.220 e. The molecular weight excluding hydrogens is 755 g/mol. The lowest BCUT2D eigenvalue weighted by atomic mass is 9.99. The molecule has 1 amide bonds. The third-order valence-electron chi connectivity index (χ3n) is 12.3. The number of aliphatic hydroxyl groups excluding tert-OH is 5. The number of hydrogen-bond acceptors (Lipinski definition) is 8. The van der Waals surface area contributed by atoms with Gasteiger partial charge in [0.1, 0.15) is 24.4 Å². The van der Waals surface area contributed by atoms with Crippen molar-refractivity contribution in [2.45, 2.75) is 281 Å². The Hall–Kier alpha value is -1.33. The summed E-state index contributed by atoms with van der Waals surface area (Å²) in [5.41, 5.74) is 0. The van der Waals surface area contributed by atoms with Crippen molar-refractivity contribution in [2.24, 2.45) is 0 Å². The van der Waals surface area contributed by atoms with Gasteiger partial charge in [0, 0.05) is 6.42 Å². The minimum Gasteiger partial charge on any atom is -0.394 e. The Morgan fingerprint density at radius 3 is 1.40 bits per heavy atom. The van der Waals surface area contributed by atoms with Gasteiger partial charge in [-0.25, -0.2) is 0 Å². The van der Waals surface area contributed by atoms with Gasteiger partial charge in [-0.2, -0.15) is 0 Å². The van der Waals surface area contributed by atoms with E-state index in [9.17, 15) is 30.3 Å². The Morgan fingerprint density at radius 2 is 0.950 bits per heavy atom. The van der Waals surface area contributed by atoms with E-state index in [4.69, 9.17) is 9.47 Å². The lowest BCUT2D eigenvalue weighted by molar-refractivity contribution is -0.302.